The van der Waals surface area contributed by atoms with Crippen molar-refractivity contribution in [3.05, 3.63) is 51.6 Å². The number of hydrogen-bond donors (Lipinski definition) is 1. The van der Waals surface area contributed by atoms with Gasteiger partial charge in [0.15, 0.2) is 0 Å². The SMILES string of the molecule is O=C(NS(=O)(=O)Cc1ccccc1[N+](=O)[O-])C1=CCCC1. The van der Waals surface area contributed by atoms with Crippen LogP contribution >= 0.6 is 0 Å². The van der Waals surface area contributed by atoms with E-state index in [1.165, 1.54) is 24.3 Å². The standard InChI is InChI=1S/C13H14N2O5S/c16-13(10-5-1-2-6-10)14-21(19,20)9-11-7-3-4-8-12(11)15(17)18/h3-5,7-8H,1-2,6,9H2,(H,14,16). The van der Waals surface area contributed by atoms with Crippen molar-refractivity contribution < 1.29 is 18.1 Å². The van der Waals surface area contributed by atoms with Crippen LogP contribution in [0.3, 0.4) is 0 Å². The number of nitrogens with zero attached hydrogens (tertiary/aromatic N) is 1. The summed E-state index contributed by atoms with van der Waals surface area (Å²) in [7, 11) is -3.97. The van der Waals surface area contributed by atoms with Crippen LogP contribution in [0.4, 0.5) is 5.69 Å². The highest BCUT2D eigenvalue weighted by molar-refractivity contribution is 7.89. The quantitative estimate of drug-likeness (QED) is 0.657. The van der Waals surface area contributed by atoms with Gasteiger partial charge >= 0.3 is 0 Å². The molecule has 0 atom stereocenters. The Morgan fingerprint density at radius 2 is 2.05 bits per heavy atom. The number of rotatable bonds is 5. The Labute approximate surface area is 121 Å². The molecule has 21 heavy (non-hydrogen) atoms. The van der Waals surface area contributed by atoms with Gasteiger partial charge in [0.25, 0.3) is 11.6 Å². The van der Waals surface area contributed by atoms with E-state index >= 15 is 0 Å². The van der Waals surface area contributed by atoms with E-state index in [0.29, 0.717) is 12.0 Å². The molecule has 0 unspecified atom stereocenters. The first-order valence-electron chi connectivity index (χ1n) is 6.35. The summed E-state index contributed by atoms with van der Waals surface area (Å²) in [5.41, 5.74) is 0.208. The van der Waals surface area contributed by atoms with Crippen LogP contribution in [0.1, 0.15) is 24.8 Å². The van der Waals surface area contributed by atoms with Crippen LogP contribution in [0.5, 0.6) is 0 Å². The van der Waals surface area contributed by atoms with Crippen molar-refractivity contribution in [1.82, 2.24) is 4.72 Å². The maximum absolute atomic E-state index is 12.0. The molecule has 112 valence electrons. The van der Waals surface area contributed by atoms with Gasteiger partial charge in [-0.1, -0.05) is 24.3 Å². The van der Waals surface area contributed by atoms with Gasteiger partial charge in [-0.2, -0.15) is 0 Å². The van der Waals surface area contributed by atoms with Crippen molar-refractivity contribution in [1.29, 1.82) is 0 Å². The lowest BCUT2D eigenvalue weighted by Gasteiger charge is -2.07. The van der Waals surface area contributed by atoms with Crippen LogP contribution in [0.25, 0.3) is 0 Å². The van der Waals surface area contributed by atoms with Gasteiger partial charge in [0.1, 0.15) is 5.75 Å². The first-order chi connectivity index (χ1) is 9.89. The predicted octanol–water partition coefficient (Wildman–Crippen LogP) is 1.65. The van der Waals surface area contributed by atoms with Crippen LogP contribution in [-0.4, -0.2) is 19.2 Å². The van der Waals surface area contributed by atoms with Crippen molar-refractivity contribution in [3.63, 3.8) is 0 Å². The third kappa shape index (κ3) is 3.88. The lowest BCUT2D eigenvalue weighted by Crippen LogP contribution is -2.32. The number of benzene rings is 1. The highest BCUT2D eigenvalue weighted by Gasteiger charge is 2.23. The molecule has 1 aliphatic rings. The summed E-state index contributed by atoms with van der Waals surface area (Å²) in [5, 5.41) is 10.9. The van der Waals surface area contributed by atoms with Gasteiger partial charge in [-0.3, -0.25) is 14.9 Å². The first-order valence-corrected chi connectivity index (χ1v) is 8.00. The monoisotopic (exact) mass is 310 g/mol. The number of carbonyl (C=O) groups excluding carboxylic acids is 1. The molecule has 0 radical (unpaired) electrons. The van der Waals surface area contributed by atoms with Crippen LogP contribution in [0, 0.1) is 10.1 Å². The minimum absolute atomic E-state index is 0.0446. The van der Waals surface area contributed by atoms with Crippen LogP contribution in [0.15, 0.2) is 35.9 Å². The highest BCUT2D eigenvalue weighted by atomic mass is 32.2. The number of nitro benzene ring substituents is 1. The van der Waals surface area contributed by atoms with Gasteiger partial charge < -0.3 is 0 Å². The number of para-hydroxylation sites is 1. The number of nitrogens with one attached hydrogen (secondary N) is 1. The van der Waals surface area contributed by atoms with E-state index in [2.05, 4.69) is 0 Å². The second-order valence-corrected chi connectivity index (χ2v) is 6.42. The average Bonchev–Trinajstić information content (AvgIpc) is 2.91. The average molecular weight is 310 g/mol. The number of nitro groups is 1. The summed E-state index contributed by atoms with van der Waals surface area (Å²) >= 11 is 0. The lowest BCUT2D eigenvalue weighted by molar-refractivity contribution is -0.385. The fourth-order valence-electron chi connectivity index (χ4n) is 2.14. The van der Waals surface area contributed by atoms with Crippen LogP contribution in [0.2, 0.25) is 0 Å². The molecule has 1 aromatic rings. The third-order valence-corrected chi connectivity index (χ3v) is 4.30. The van der Waals surface area contributed by atoms with E-state index in [4.69, 9.17) is 0 Å². The van der Waals surface area contributed by atoms with Gasteiger partial charge in [0.2, 0.25) is 10.0 Å². The second-order valence-electron chi connectivity index (χ2n) is 4.70. The molecule has 0 spiro atoms. The first kappa shape index (κ1) is 15.2. The molecule has 0 aromatic heterocycles. The predicted molar refractivity (Wildman–Crippen MR) is 75.8 cm³/mol. The molecule has 1 amide bonds. The van der Waals surface area contributed by atoms with E-state index in [1.54, 1.807) is 6.08 Å². The van der Waals surface area contributed by atoms with E-state index < -0.39 is 26.6 Å². The molecule has 1 N–H and O–H groups in total. The number of allylic oxidation sites excluding steroid dienone is 1. The van der Waals surface area contributed by atoms with Crippen molar-refractivity contribution in [2.45, 2.75) is 25.0 Å². The topological polar surface area (TPSA) is 106 Å². The number of sulfonamides is 1. The summed E-state index contributed by atoms with van der Waals surface area (Å²) in [5.74, 6) is -1.26. The fraction of sp³-hybridized carbons (Fsp3) is 0.308. The van der Waals surface area contributed by atoms with Gasteiger partial charge in [0, 0.05) is 17.2 Å². The van der Waals surface area contributed by atoms with E-state index in [0.717, 1.165) is 12.8 Å². The molecule has 0 saturated carbocycles. The minimum Gasteiger partial charge on any atom is -0.269 e. The fourth-order valence-corrected chi connectivity index (χ4v) is 3.27. The number of hydrogen-bond acceptors (Lipinski definition) is 5. The number of carbonyl (C=O) groups is 1. The molecular formula is C13H14N2O5S. The van der Waals surface area contributed by atoms with Gasteiger partial charge in [0.05, 0.1) is 4.92 Å². The molecule has 0 aliphatic heterocycles. The number of amides is 1. The summed E-state index contributed by atoms with van der Waals surface area (Å²) < 4.78 is 25.9. The normalized spacial score (nSPS) is 14.6. The molecule has 0 fully saturated rings. The molecule has 7 nitrogen and oxygen atoms in total. The molecular weight excluding hydrogens is 296 g/mol. The Balaban J connectivity index is 2.14. The zero-order valence-electron chi connectivity index (χ0n) is 11.1. The Bertz CT molecular complexity index is 709. The zero-order valence-corrected chi connectivity index (χ0v) is 11.9. The van der Waals surface area contributed by atoms with E-state index in [1.807, 2.05) is 4.72 Å². The molecule has 1 aromatic carbocycles. The maximum atomic E-state index is 12.0. The Morgan fingerprint density at radius 1 is 1.33 bits per heavy atom. The van der Waals surface area contributed by atoms with E-state index in [-0.39, 0.29) is 11.3 Å². The van der Waals surface area contributed by atoms with Gasteiger partial charge in [-0.25, -0.2) is 13.1 Å². The summed E-state index contributed by atoms with van der Waals surface area (Å²) in [4.78, 5) is 22.0. The molecule has 2 rings (SSSR count). The lowest BCUT2D eigenvalue weighted by atomic mass is 10.2. The molecule has 1 aliphatic carbocycles. The zero-order chi connectivity index (χ0) is 15.5. The van der Waals surface area contributed by atoms with Crippen molar-refractivity contribution >= 4 is 21.6 Å². The Kier molecular flexibility index (Phi) is 4.37. The largest absolute Gasteiger partial charge is 0.273 e. The molecule has 0 heterocycles. The summed E-state index contributed by atoms with van der Waals surface area (Å²) in [6.07, 6.45) is 3.84. The Hall–Kier alpha value is -2.22. The van der Waals surface area contributed by atoms with Crippen molar-refractivity contribution in [2.75, 3.05) is 0 Å². The highest BCUT2D eigenvalue weighted by Crippen LogP contribution is 2.21. The van der Waals surface area contributed by atoms with Crippen molar-refractivity contribution in [3.8, 4) is 0 Å². The van der Waals surface area contributed by atoms with Crippen LogP contribution < -0.4 is 4.72 Å². The Morgan fingerprint density at radius 3 is 2.67 bits per heavy atom. The maximum Gasteiger partial charge on any atom is 0.273 e. The van der Waals surface area contributed by atoms with Crippen LogP contribution in [-0.2, 0) is 20.6 Å². The minimum atomic E-state index is -3.97. The molecule has 0 bridgehead atoms. The van der Waals surface area contributed by atoms with Crippen molar-refractivity contribution in [2.24, 2.45) is 0 Å². The molecule has 0 saturated heterocycles. The molecule has 8 heteroatoms. The third-order valence-electron chi connectivity index (χ3n) is 3.11. The second kappa shape index (κ2) is 6.04. The van der Waals surface area contributed by atoms with E-state index in [9.17, 15) is 23.3 Å². The van der Waals surface area contributed by atoms with Gasteiger partial charge in [-0.05, 0) is 19.3 Å². The summed E-state index contributed by atoms with van der Waals surface area (Å²) in [6, 6.07) is 5.55. The van der Waals surface area contributed by atoms with Gasteiger partial charge in [-0.15, -0.1) is 0 Å². The summed E-state index contributed by atoms with van der Waals surface area (Å²) in [6.45, 7) is 0. The smallest absolute Gasteiger partial charge is 0.269 e.